The number of hydrogen-bond acceptors (Lipinski definition) is 1. The molecule has 0 aromatic heterocycles. The number of carbonyl (C=O) groups is 1. The van der Waals surface area contributed by atoms with E-state index >= 15 is 0 Å². The van der Waals surface area contributed by atoms with Crippen LogP contribution in [0.25, 0.3) is 0 Å². The maximum Gasteiger partial charge on any atom is 0.312 e. The van der Waals surface area contributed by atoms with Crippen LogP contribution >= 0.6 is 0 Å². The zero-order valence-electron chi connectivity index (χ0n) is 11.0. The van der Waals surface area contributed by atoms with E-state index in [1.807, 2.05) is 0 Å². The predicted molar refractivity (Wildman–Crippen MR) is 67.4 cm³/mol. The first kappa shape index (κ1) is 11.4. The van der Waals surface area contributed by atoms with Gasteiger partial charge in [-0.05, 0) is 61.7 Å². The Hall–Kier alpha value is -0.730. The summed E-state index contributed by atoms with van der Waals surface area (Å²) in [6.45, 7) is 4.70. The van der Waals surface area contributed by atoms with Crippen LogP contribution in [-0.4, -0.2) is 11.6 Å². The molecule has 17 heavy (non-hydrogen) atoms. The second-order valence-electron chi connectivity index (χ2n) is 7.25. The summed E-state index contributed by atoms with van der Waals surface area (Å²) in [6.07, 6.45) is 7.64. The highest BCUT2D eigenvalue weighted by molar-refractivity contribution is 5.72. The van der Waals surface area contributed by atoms with Gasteiger partial charge in [-0.15, -0.1) is 0 Å². The lowest BCUT2D eigenvalue weighted by Gasteiger charge is -2.63. The summed E-state index contributed by atoms with van der Waals surface area (Å²) in [5.74, 6) is 2.37. The molecule has 4 saturated carbocycles. The highest BCUT2D eigenvalue weighted by atomic mass is 16.2. The quantitative estimate of drug-likeness (QED) is 0.761. The first-order valence-corrected chi connectivity index (χ1v) is 7.01. The molecule has 0 aromatic rings. The lowest BCUT2D eigenvalue weighted by atomic mass is 9.44. The zero-order chi connectivity index (χ0) is 12.3. The van der Waals surface area contributed by atoms with Crippen molar-refractivity contribution in [2.45, 2.75) is 57.9 Å². The van der Waals surface area contributed by atoms with Crippen LogP contribution in [0.3, 0.4) is 0 Å². The molecule has 4 bridgehead atoms. The fourth-order valence-electron chi connectivity index (χ4n) is 5.42. The average Bonchev–Trinajstić information content (AvgIpc) is 2.12. The summed E-state index contributed by atoms with van der Waals surface area (Å²) in [5, 5.41) is 3.11. The van der Waals surface area contributed by atoms with Crippen molar-refractivity contribution in [2.75, 3.05) is 0 Å². The Morgan fingerprint density at radius 2 is 1.82 bits per heavy atom. The van der Waals surface area contributed by atoms with Crippen LogP contribution < -0.4 is 11.1 Å². The van der Waals surface area contributed by atoms with E-state index in [0.29, 0.717) is 5.41 Å². The van der Waals surface area contributed by atoms with Crippen molar-refractivity contribution in [1.82, 2.24) is 5.32 Å². The van der Waals surface area contributed by atoms with Crippen molar-refractivity contribution in [3.63, 3.8) is 0 Å². The third-order valence-electron chi connectivity index (χ3n) is 5.72. The van der Waals surface area contributed by atoms with Crippen molar-refractivity contribution in [3.05, 3.63) is 0 Å². The summed E-state index contributed by atoms with van der Waals surface area (Å²) in [7, 11) is 0. The molecule has 2 unspecified atom stereocenters. The average molecular weight is 236 g/mol. The Morgan fingerprint density at radius 3 is 2.29 bits per heavy atom. The predicted octanol–water partition coefficient (Wildman–Crippen LogP) is 2.65. The molecule has 3 nitrogen and oxygen atoms in total. The van der Waals surface area contributed by atoms with E-state index in [4.69, 9.17) is 5.73 Å². The van der Waals surface area contributed by atoms with E-state index in [2.05, 4.69) is 19.2 Å². The molecule has 3 N–H and O–H groups in total. The maximum atomic E-state index is 11.3. The fraction of sp³-hybridized carbons (Fsp3) is 0.929. The van der Waals surface area contributed by atoms with Gasteiger partial charge in [-0.25, -0.2) is 4.79 Å². The lowest BCUT2D eigenvalue weighted by molar-refractivity contribution is -0.0996. The van der Waals surface area contributed by atoms with Crippen LogP contribution in [0.1, 0.15) is 52.4 Å². The van der Waals surface area contributed by atoms with Crippen LogP contribution in [0.5, 0.6) is 0 Å². The standard InChI is InChI=1S/C14H24N2O/c1-9(2)13-4-10-3-11(5-13)7-14(6-10,8-13)16-12(15)17/h9-11H,3-8H2,1-2H3,(H3,15,16,17). The summed E-state index contributed by atoms with van der Waals surface area (Å²) < 4.78 is 0. The largest absolute Gasteiger partial charge is 0.352 e. The first-order chi connectivity index (χ1) is 7.93. The molecule has 4 rings (SSSR count). The van der Waals surface area contributed by atoms with Crippen molar-refractivity contribution < 1.29 is 4.79 Å². The Balaban J connectivity index is 1.91. The Kier molecular flexibility index (Phi) is 2.27. The molecule has 2 amide bonds. The number of carbonyl (C=O) groups excluding carboxylic acids is 1. The van der Waals surface area contributed by atoms with Gasteiger partial charge in [0.05, 0.1) is 0 Å². The molecular weight excluding hydrogens is 212 g/mol. The van der Waals surface area contributed by atoms with Gasteiger partial charge in [-0.2, -0.15) is 0 Å². The third-order valence-corrected chi connectivity index (χ3v) is 5.72. The maximum absolute atomic E-state index is 11.3. The number of urea groups is 1. The number of primary amides is 1. The highest BCUT2D eigenvalue weighted by Gasteiger charge is 2.58. The zero-order valence-corrected chi connectivity index (χ0v) is 11.0. The van der Waals surface area contributed by atoms with E-state index in [0.717, 1.165) is 24.2 Å². The molecule has 0 aliphatic heterocycles. The molecule has 2 atom stereocenters. The van der Waals surface area contributed by atoms with Crippen LogP contribution in [0.15, 0.2) is 0 Å². The van der Waals surface area contributed by atoms with Crippen LogP contribution in [-0.2, 0) is 0 Å². The summed E-state index contributed by atoms with van der Waals surface area (Å²) in [4.78, 5) is 11.3. The number of hydrogen-bond donors (Lipinski definition) is 2. The molecule has 4 aliphatic carbocycles. The van der Waals surface area contributed by atoms with Gasteiger partial charge in [0.15, 0.2) is 0 Å². The van der Waals surface area contributed by atoms with Crippen molar-refractivity contribution in [3.8, 4) is 0 Å². The monoisotopic (exact) mass is 236 g/mol. The number of nitrogens with one attached hydrogen (secondary N) is 1. The lowest BCUT2D eigenvalue weighted by Crippen LogP contribution is -2.64. The molecule has 3 heteroatoms. The van der Waals surface area contributed by atoms with Gasteiger partial charge < -0.3 is 11.1 Å². The number of rotatable bonds is 2. The Morgan fingerprint density at radius 1 is 1.24 bits per heavy atom. The SMILES string of the molecule is CC(C)C12CC3CC(CC(NC(N)=O)(C3)C1)C2. The van der Waals surface area contributed by atoms with E-state index in [1.54, 1.807) is 0 Å². The Bertz CT molecular complexity index is 336. The second-order valence-corrected chi connectivity index (χ2v) is 7.25. The van der Waals surface area contributed by atoms with Crippen LogP contribution in [0, 0.1) is 23.2 Å². The fourth-order valence-corrected chi connectivity index (χ4v) is 5.42. The highest BCUT2D eigenvalue weighted by Crippen LogP contribution is 2.63. The summed E-state index contributed by atoms with van der Waals surface area (Å²) in [6, 6.07) is -0.328. The number of nitrogens with two attached hydrogens (primary N) is 1. The topological polar surface area (TPSA) is 55.1 Å². The molecule has 0 radical (unpaired) electrons. The molecule has 4 fully saturated rings. The van der Waals surface area contributed by atoms with Gasteiger partial charge in [0.1, 0.15) is 0 Å². The molecule has 0 spiro atoms. The van der Waals surface area contributed by atoms with Gasteiger partial charge in [0, 0.05) is 5.54 Å². The smallest absolute Gasteiger partial charge is 0.312 e. The van der Waals surface area contributed by atoms with E-state index in [-0.39, 0.29) is 11.6 Å². The normalized spacial score (nSPS) is 47.5. The molecule has 0 saturated heterocycles. The third kappa shape index (κ3) is 1.66. The second kappa shape index (κ2) is 3.39. The van der Waals surface area contributed by atoms with E-state index < -0.39 is 0 Å². The summed E-state index contributed by atoms with van der Waals surface area (Å²) in [5.41, 5.74) is 5.90. The Labute approximate surface area is 104 Å². The minimum Gasteiger partial charge on any atom is -0.352 e. The molecule has 4 aliphatic rings. The van der Waals surface area contributed by atoms with Gasteiger partial charge in [0.25, 0.3) is 0 Å². The van der Waals surface area contributed by atoms with Crippen molar-refractivity contribution >= 4 is 6.03 Å². The van der Waals surface area contributed by atoms with Crippen LogP contribution in [0.4, 0.5) is 4.79 Å². The van der Waals surface area contributed by atoms with Crippen molar-refractivity contribution in [2.24, 2.45) is 28.9 Å². The number of amides is 2. The first-order valence-electron chi connectivity index (χ1n) is 7.01. The molecule has 0 heterocycles. The minimum absolute atomic E-state index is 0.0419. The van der Waals surface area contributed by atoms with Gasteiger partial charge in [-0.3, -0.25) is 0 Å². The van der Waals surface area contributed by atoms with Crippen molar-refractivity contribution in [1.29, 1.82) is 0 Å². The summed E-state index contributed by atoms with van der Waals surface area (Å²) >= 11 is 0. The molecule has 0 aromatic carbocycles. The van der Waals surface area contributed by atoms with Gasteiger partial charge in [-0.1, -0.05) is 13.8 Å². The minimum atomic E-state index is -0.328. The van der Waals surface area contributed by atoms with Gasteiger partial charge in [0.2, 0.25) is 0 Å². The van der Waals surface area contributed by atoms with E-state index in [9.17, 15) is 4.79 Å². The molecule has 96 valence electrons. The van der Waals surface area contributed by atoms with Gasteiger partial charge >= 0.3 is 6.03 Å². The molecular formula is C14H24N2O. The van der Waals surface area contributed by atoms with Crippen LogP contribution in [0.2, 0.25) is 0 Å². The van der Waals surface area contributed by atoms with E-state index in [1.165, 1.54) is 32.1 Å².